The summed E-state index contributed by atoms with van der Waals surface area (Å²) in [5.41, 5.74) is 5.25. The van der Waals surface area contributed by atoms with Gasteiger partial charge in [-0.1, -0.05) is 17.7 Å². The molecule has 0 aromatic heterocycles. The quantitative estimate of drug-likeness (QED) is 0.778. The second kappa shape index (κ2) is 4.09. The van der Waals surface area contributed by atoms with Crippen molar-refractivity contribution in [2.75, 3.05) is 11.9 Å². The monoisotopic (exact) mass is 202 g/mol. The van der Waals surface area contributed by atoms with Crippen LogP contribution < -0.4 is 11.1 Å². The molecule has 0 bridgehead atoms. The standard InChI is InChI=1S/C8H8ClFN2O/c9-8-5(10)2-1-3-6(8)12-4-7(11)13/h1-3,12H,4H2,(H2,11,13). The number of nitrogens with one attached hydrogen (secondary N) is 1. The van der Waals surface area contributed by atoms with Crippen LogP contribution in [0.15, 0.2) is 18.2 Å². The number of halogens is 2. The molecule has 1 aromatic carbocycles. The number of amides is 1. The van der Waals surface area contributed by atoms with Gasteiger partial charge in [0, 0.05) is 0 Å². The lowest BCUT2D eigenvalue weighted by Crippen LogP contribution is -2.21. The smallest absolute Gasteiger partial charge is 0.236 e. The fourth-order valence-corrected chi connectivity index (χ4v) is 1.02. The second-order valence-corrected chi connectivity index (χ2v) is 2.80. The third-order valence-electron chi connectivity index (χ3n) is 1.40. The number of hydrogen-bond donors (Lipinski definition) is 2. The van der Waals surface area contributed by atoms with Crippen LogP contribution in [0.2, 0.25) is 5.02 Å². The average molecular weight is 203 g/mol. The van der Waals surface area contributed by atoms with Crippen molar-refractivity contribution < 1.29 is 9.18 Å². The van der Waals surface area contributed by atoms with Crippen LogP contribution in [-0.4, -0.2) is 12.5 Å². The number of anilines is 1. The van der Waals surface area contributed by atoms with E-state index in [2.05, 4.69) is 5.32 Å². The van der Waals surface area contributed by atoms with E-state index < -0.39 is 11.7 Å². The largest absolute Gasteiger partial charge is 0.375 e. The van der Waals surface area contributed by atoms with Crippen LogP contribution in [0.3, 0.4) is 0 Å². The van der Waals surface area contributed by atoms with E-state index in [0.29, 0.717) is 5.69 Å². The Morgan fingerprint density at radius 1 is 1.62 bits per heavy atom. The molecule has 1 rings (SSSR count). The highest BCUT2D eigenvalue weighted by molar-refractivity contribution is 6.33. The first-order valence-electron chi connectivity index (χ1n) is 3.57. The van der Waals surface area contributed by atoms with Crippen LogP contribution in [0.25, 0.3) is 0 Å². The number of hydrogen-bond acceptors (Lipinski definition) is 2. The van der Waals surface area contributed by atoms with E-state index in [-0.39, 0.29) is 11.6 Å². The van der Waals surface area contributed by atoms with Crippen LogP contribution >= 0.6 is 11.6 Å². The van der Waals surface area contributed by atoms with Crippen LogP contribution in [0, 0.1) is 5.82 Å². The summed E-state index contributed by atoms with van der Waals surface area (Å²) in [5.74, 6) is -1.06. The topological polar surface area (TPSA) is 55.1 Å². The van der Waals surface area contributed by atoms with Gasteiger partial charge in [0.1, 0.15) is 5.82 Å². The third kappa shape index (κ3) is 2.59. The number of carbonyl (C=O) groups excluding carboxylic acids is 1. The molecular weight excluding hydrogens is 195 g/mol. The summed E-state index contributed by atoms with van der Waals surface area (Å²) in [4.78, 5) is 10.4. The van der Waals surface area contributed by atoms with Gasteiger partial charge in [-0.15, -0.1) is 0 Å². The SMILES string of the molecule is NC(=O)CNc1cccc(F)c1Cl. The zero-order valence-corrected chi connectivity index (χ0v) is 7.44. The van der Waals surface area contributed by atoms with Gasteiger partial charge in [0.05, 0.1) is 17.3 Å². The van der Waals surface area contributed by atoms with Gasteiger partial charge < -0.3 is 11.1 Å². The molecule has 3 nitrogen and oxygen atoms in total. The van der Waals surface area contributed by atoms with E-state index in [1.165, 1.54) is 12.1 Å². The molecule has 0 saturated carbocycles. The Morgan fingerprint density at radius 2 is 2.31 bits per heavy atom. The summed E-state index contributed by atoms with van der Waals surface area (Å²) < 4.78 is 12.8. The summed E-state index contributed by atoms with van der Waals surface area (Å²) in [6.45, 7) is -0.0663. The lowest BCUT2D eigenvalue weighted by molar-refractivity contribution is -0.116. The molecule has 0 aliphatic rings. The maximum absolute atomic E-state index is 12.8. The molecule has 0 spiro atoms. The number of carbonyl (C=O) groups is 1. The highest BCUT2D eigenvalue weighted by Crippen LogP contribution is 2.23. The molecule has 0 fully saturated rings. The summed E-state index contributed by atoms with van der Waals surface area (Å²) >= 11 is 5.59. The molecule has 0 unspecified atom stereocenters. The highest BCUT2D eigenvalue weighted by atomic mass is 35.5. The lowest BCUT2D eigenvalue weighted by Gasteiger charge is -2.05. The Morgan fingerprint density at radius 3 is 2.92 bits per heavy atom. The molecule has 70 valence electrons. The van der Waals surface area contributed by atoms with Gasteiger partial charge in [-0.3, -0.25) is 4.79 Å². The predicted molar refractivity (Wildman–Crippen MR) is 49.1 cm³/mol. The molecule has 1 aromatic rings. The molecule has 0 atom stereocenters. The molecule has 13 heavy (non-hydrogen) atoms. The molecule has 3 N–H and O–H groups in total. The van der Waals surface area contributed by atoms with Gasteiger partial charge in [-0.25, -0.2) is 4.39 Å². The van der Waals surface area contributed by atoms with Crippen molar-refractivity contribution in [2.45, 2.75) is 0 Å². The number of benzene rings is 1. The number of rotatable bonds is 3. The summed E-state index contributed by atoms with van der Waals surface area (Å²) in [6, 6.07) is 4.29. The molecule has 0 aliphatic heterocycles. The Labute approximate surface area is 79.7 Å². The van der Waals surface area contributed by atoms with E-state index >= 15 is 0 Å². The molecule has 0 aliphatic carbocycles. The van der Waals surface area contributed by atoms with E-state index in [4.69, 9.17) is 17.3 Å². The molecule has 0 heterocycles. The van der Waals surface area contributed by atoms with Gasteiger partial charge in [0.2, 0.25) is 5.91 Å². The van der Waals surface area contributed by atoms with Gasteiger partial charge in [0.15, 0.2) is 0 Å². The molecular formula is C8H8ClFN2O. The maximum Gasteiger partial charge on any atom is 0.236 e. The van der Waals surface area contributed by atoms with Crippen LogP contribution in [0.4, 0.5) is 10.1 Å². The van der Waals surface area contributed by atoms with Crippen LogP contribution in [-0.2, 0) is 4.79 Å². The first-order chi connectivity index (χ1) is 6.11. The Bertz CT molecular complexity index is 330. The lowest BCUT2D eigenvalue weighted by atomic mass is 10.3. The van der Waals surface area contributed by atoms with Crippen molar-refractivity contribution in [1.29, 1.82) is 0 Å². The molecule has 1 amide bonds. The summed E-state index contributed by atoms with van der Waals surface area (Å²) in [6.07, 6.45) is 0. The van der Waals surface area contributed by atoms with Crippen molar-refractivity contribution >= 4 is 23.2 Å². The van der Waals surface area contributed by atoms with E-state index in [9.17, 15) is 9.18 Å². The van der Waals surface area contributed by atoms with E-state index in [1.807, 2.05) is 0 Å². The number of primary amides is 1. The highest BCUT2D eigenvalue weighted by Gasteiger charge is 2.04. The van der Waals surface area contributed by atoms with Crippen molar-refractivity contribution in [1.82, 2.24) is 0 Å². The van der Waals surface area contributed by atoms with Crippen molar-refractivity contribution in [2.24, 2.45) is 5.73 Å². The van der Waals surface area contributed by atoms with Gasteiger partial charge in [0.25, 0.3) is 0 Å². The van der Waals surface area contributed by atoms with Crippen molar-refractivity contribution in [3.8, 4) is 0 Å². The Balaban J connectivity index is 2.77. The van der Waals surface area contributed by atoms with Crippen molar-refractivity contribution in [3.63, 3.8) is 0 Å². The predicted octanol–water partition coefficient (Wildman–Crippen LogP) is 1.38. The average Bonchev–Trinajstić information content (AvgIpc) is 2.07. The van der Waals surface area contributed by atoms with E-state index in [0.717, 1.165) is 0 Å². The minimum absolute atomic E-state index is 0.0382. The fourth-order valence-electron chi connectivity index (χ4n) is 0.823. The first kappa shape index (κ1) is 9.80. The summed E-state index contributed by atoms with van der Waals surface area (Å²) in [5, 5.41) is 2.57. The maximum atomic E-state index is 12.8. The molecule has 0 saturated heterocycles. The van der Waals surface area contributed by atoms with Gasteiger partial charge in [-0.05, 0) is 12.1 Å². The van der Waals surface area contributed by atoms with Gasteiger partial charge in [-0.2, -0.15) is 0 Å². The zero-order valence-electron chi connectivity index (χ0n) is 6.68. The Kier molecular flexibility index (Phi) is 3.08. The zero-order chi connectivity index (χ0) is 9.84. The third-order valence-corrected chi connectivity index (χ3v) is 1.79. The Hall–Kier alpha value is -1.29. The molecule has 0 radical (unpaired) electrons. The number of nitrogens with two attached hydrogens (primary N) is 1. The van der Waals surface area contributed by atoms with Crippen LogP contribution in [0.1, 0.15) is 0 Å². The second-order valence-electron chi connectivity index (χ2n) is 2.42. The normalized spacial score (nSPS) is 9.69. The minimum atomic E-state index is -0.531. The molecule has 5 heteroatoms. The van der Waals surface area contributed by atoms with Gasteiger partial charge >= 0.3 is 0 Å². The first-order valence-corrected chi connectivity index (χ1v) is 3.95. The van der Waals surface area contributed by atoms with E-state index in [1.54, 1.807) is 6.07 Å². The minimum Gasteiger partial charge on any atom is -0.375 e. The summed E-state index contributed by atoms with van der Waals surface area (Å²) in [7, 11) is 0. The fraction of sp³-hybridized carbons (Fsp3) is 0.125. The van der Waals surface area contributed by atoms with Crippen LogP contribution in [0.5, 0.6) is 0 Å². The van der Waals surface area contributed by atoms with Crippen molar-refractivity contribution in [3.05, 3.63) is 29.0 Å².